The summed E-state index contributed by atoms with van der Waals surface area (Å²) < 4.78 is 6.99. The van der Waals surface area contributed by atoms with E-state index < -0.39 is 0 Å². The van der Waals surface area contributed by atoms with Crippen LogP contribution in [0.4, 0.5) is 0 Å². The summed E-state index contributed by atoms with van der Waals surface area (Å²) in [7, 11) is 1.70. The van der Waals surface area contributed by atoms with Crippen LogP contribution in [0.5, 0.6) is 0 Å². The van der Waals surface area contributed by atoms with Crippen LogP contribution in [0.15, 0.2) is 27.6 Å². The number of aromatic nitrogens is 1. The minimum atomic E-state index is 0.601. The lowest BCUT2D eigenvalue weighted by atomic mass is 9.95. The first-order valence-corrected chi connectivity index (χ1v) is 8.05. The van der Waals surface area contributed by atoms with Crippen LogP contribution < -0.4 is 4.80 Å². The molecule has 0 spiro atoms. The number of nitrogens with zero attached hydrogens (tertiary/aromatic N) is 3. The third-order valence-electron chi connectivity index (χ3n) is 4.10. The molecule has 20 heavy (non-hydrogen) atoms. The van der Waals surface area contributed by atoms with E-state index in [0.29, 0.717) is 25.0 Å². The van der Waals surface area contributed by atoms with Gasteiger partial charge in [-0.2, -0.15) is 5.10 Å². The second-order valence-electron chi connectivity index (χ2n) is 5.55. The van der Waals surface area contributed by atoms with Gasteiger partial charge in [0.15, 0.2) is 0 Å². The molecule has 1 aromatic heterocycles. The van der Waals surface area contributed by atoms with Crippen LogP contribution in [0.25, 0.3) is 0 Å². The molecule has 0 saturated heterocycles. The van der Waals surface area contributed by atoms with Crippen molar-refractivity contribution in [2.24, 2.45) is 27.8 Å². The Labute approximate surface area is 123 Å². The van der Waals surface area contributed by atoms with Gasteiger partial charge in [-0.25, -0.2) is 4.68 Å². The zero-order valence-electron chi connectivity index (χ0n) is 12.0. The molecule has 0 amide bonds. The van der Waals surface area contributed by atoms with E-state index in [2.05, 4.69) is 40.8 Å². The SMILES string of the molecule is COCCN=c1scc(C)n1/N=C\[C@@H]1C[C@@H]2C=C[C@@H]1C2. The third-order valence-corrected chi connectivity index (χ3v) is 5.07. The molecule has 5 heteroatoms. The fraction of sp³-hybridized carbons (Fsp3) is 0.600. The number of fused-ring (bicyclic) bond motifs is 2. The molecule has 2 aliphatic carbocycles. The van der Waals surface area contributed by atoms with Gasteiger partial charge in [-0.1, -0.05) is 12.2 Å². The lowest BCUT2D eigenvalue weighted by molar-refractivity contribution is 0.207. The van der Waals surface area contributed by atoms with E-state index >= 15 is 0 Å². The first-order valence-electron chi connectivity index (χ1n) is 7.17. The molecule has 108 valence electrons. The average molecular weight is 291 g/mol. The molecule has 3 rings (SSSR count). The summed E-state index contributed by atoms with van der Waals surface area (Å²) in [5.74, 6) is 2.09. The van der Waals surface area contributed by atoms with E-state index in [0.717, 1.165) is 16.4 Å². The summed E-state index contributed by atoms with van der Waals surface area (Å²) in [6.45, 7) is 3.41. The minimum Gasteiger partial charge on any atom is -0.383 e. The van der Waals surface area contributed by atoms with Crippen molar-refractivity contribution in [2.75, 3.05) is 20.3 Å². The quantitative estimate of drug-likeness (QED) is 0.466. The smallest absolute Gasteiger partial charge is 0.205 e. The number of thiazole rings is 1. The number of aryl methyl sites for hydroxylation is 1. The molecule has 1 saturated carbocycles. The van der Waals surface area contributed by atoms with Gasteiger partial charge in [0.2, 0.25) is 4.80 Å². The van der Waals surface area contributed by atoms with Crippen molar-refractivity contribution in [1.29, 1.82) is 0 Å². The largest absolute Gasteiger partial charge is 0.383 e. The van der Waals surface area contributed by atoms with Gasteiger partial charge < -0.3 is 4.74 Å². The Kier molecular flexibility index (Phi) is 4.17. The molecule has 1 fully saturated rings. The highest BCUT2D eigenvalue weighted by atomic mass is 32.1. The highest BCUT2D eigenvalue weighted by Crippen LogP contribution is 2.42. The molecule has 3 atom stereocenters. The first kappa shape index (κ1) is 13.8. The highest BCUT2D eigenvalue weighted by Gasteiger charge is 2.34. The van der Waals surface area contributed by atoms with Crippen molar-refractivity contribution in [3.63, 3.8) is 0 Å². The topological polar surface area (TPSA) is 38.9 Å². The van der Waals surface area contributed by atoms with E-state index in [1.54, 1.807) is 18.4 Å². The number of hydrogen-bond donors (Lipinski definition) is 0. The van der Waals surface area contributed by atoms with Crippen molar-refractivity contribution < 1.29 is 4.74 Å². The Hall–Kier alpha value is -1.20. The number of rotatable bonds is 5. The van der Waals surface area contributed by atoms with Crippen LogP contribution in [0.2, 0.25) is 0 Å². The third kappa shape index (κ3) is 2.79. The lowest BCUT2D eigenvalue weighted by Gasteiger charge is -2.12. The lowest BCUT2D eigenvalue weighted by Crippen LogP contribution is -2.16. The molecule has 2 bridgehead atoms. The molecule has 4 nitrogen and oxygen atoms in total. The number of allylic oxidation sites excluding steroid dienone is 2. The van der Waals surface area contributed by atoms with E-state index in [-0.39, 0.29) is 0 Å². The molecular weight excluding hydrogens is 270 g/mol. The van der Waals surface area contributed by atoms with Crippen LogP contribution >= 0.6 is 11.3 Å². The van der Waals surface area contributed by atoms with Crippen LogP contribution in [-0.4, -0.2) is 31.2 Å². The summed E-state index contributed by atoms with van der Waals surface area (Å²) in [6, 6.07) is 0. The van der Waals surface area contributed by atoms with Gasteiger partial charge in [0, 0.05) is 24.6 Å². The fourth-order valence-corrected chi connectivity index (χ4v) is 3.85. The van der Waals surface area contributed by atoms with Gasteiger partial charge in [0.25, 0.3) is 0 Å². The Morgan fingerprint density at radius 2 is 2.35 bits per heavy atom. The molecular formula is C15H21N3OS. The maximum Gasteiger partial charge on any atom is 0.205 e. The zero-order chi connectivity index (χ0) is 13.9. The number of ether oxygens (including phenoxy) is 1. The number of hydrogen-bond acceptors (Lipinski definition) is 4. The van der Waals surface area contributed by atoms with E-state index in [1.807, 2.05) is 4.68 Å². The van der Waals surface area contributed by atoms with Crippen LogP contribution in [0, 0.1) is 24.7 Å². The Bertz CT molecular complexity index is 584. The van der Waals surface area contributed by atoms with Gasteiger partial charge in [-0.15, -0.1) is 11.3 Å². The zero-order valence-corrected chi connectivity index (χ0v) is 12.8. The van der Waals surface area contributed by atoms with Gasteiger partial charge in [-0.05, 0) is 31.6 Å². The maximum atomic E-state index is 5.04. The van der Waals surface area contributed by atoms with E-state index in [9.17, 15) is 0 Å². The Morgan fingerprint density at radius 3 is 3.05 bits per heavy atom. The van der Waals surface area contributed by atoms with Gasteiger partial charge >= 0.3 is 0 Å². The Morgan fingerprint density at radius 1 is 1.45 bits per heavy atom. The van der Waals surface area contributed by atoms with Gasteiger partial charge in [0.1, 0.15) is 0 Å². The van der Waals surface area contributed by atoms with Crippen molar-refractivity contribution in [2.45, 2.75) is 19.8 Å². The van der Waals surface area contributed by atoms with E-state index in [4.69, 9.17) is 4.74 Å². The molecule has 1 heterocycles. The van der Waals surface area contributed by atoms with Crippen LogP contribution in [-0.2, 0) is 4.74 Å². The molecule has 0 aliphatic heterocycles. The molecule has 2 aliphatic rings. The standard InChI is InChI=1S/C15H21N3OS/c1-11-10-20-15(16-5-6-19-2)18(11)17-9-14-8-12-3-4-13(14)7-12/h3-4,9-10,12-14H,5-8H2,1-2H3/b16-15?,17-9-/t12-,13-,14+/m1/s1. The van der Waals surface area contributed by atoms with Crippen molar-refractivity contribution >= 4 is 17.6 Å². The number of methoxy groups -OCH3 is 1. The summed E-state index contributed by atoms with van der Waals surface area (Å²) >= 11 is 1.64. The molecule has 0 radical (unpaired) electrons. The molecule has 0 unspecified atom stereocenters. The first-order chi connectivity index (χ1) is 9.78. The predicted molar refractivity (Wildman–Crippen MR) is 82.1 cm³/mol. The second kappa shape index (κ2) is 6.06. The molecule has 1 aromatic rings. The summed E-state index contributed by atoms with van der Waals surface area (Å²) in [5, 5.41) is 6.78. The predicted octanol–water partition coefficient (Wildman–Crippen LogP) is 2.45. The maximum absolute atomic E-state index is 5.04. The van der Waals surface area contributed by atoms with Gasteiger partial charge in [-0.3, -0.25) is 4.99 Å². The summed E-state index contributed by atoms with van der Waals surface area (Å²) in [6.07, 6.45) is 9.42. The highest BCUT2D eigenvalue weighted by molar-refractivity contribution is 7.07. The van der Waals surface area contributed by atoms with Crippen molar-refractivity contribution in [3.8, 4) is 0 Å². The fourth-order valence-electron chi connectivity index (χ4n) is 3.01. The Balaban J connectivity index is 1.75. The van der Waals surface area contributed by atoms with Crippen molar-refractivity contribution in [1.82, 2.24) is 4.68 Å². The summed E-state index contributed by atoms with van der Waals surface area (Å²) in [4.78, 5) is 5.49. The summed E-state index contributed by atoms with van der Waals surface area (Å²) in [5.41, 5.74) is 1.14. The van der Waals surface area contributed by atoms with Crippen molar-refractivity contribution in [3.05, 3.63) is 28.0 Å². The second-order valence-corrected chi connectivity index (χ2v) is 6.39. The van der Waals surface area contributed by atoms with E-state index in [1.165, 1.54) is 12.8 Å². The van der Waals surface area contributed by atoms with Crippen LogP contribution in [0.1, 0.15) is 18.5 Å². The monoisotopic (exact) mass is 291 g/mol. The minimum absolute atomic E-state index is 0.601. The normalized spacial score (nSPS) is 29.1. The van der Waals surface area contributed by atoms with Gasteiger partial charge in [0.05, 0.1) is 18.8 Å². The molecule has 0 N–H and O–H groups in total. The van der Waals surface area contributed by atoms with Crippen LogP contribution in [0.3, 0.4) is 0 Å². The molecule has 0 aromatic carbocycles. The average Bonchev–Trinajstić information content (AvgIpc) is 3.13.